The van der Waals surface area contributed by atoms with E-state index in [1.807, 2.05) is 49.1 Å². The number of carbonyl (C=O) groups is 1. The molecule has 0 fully saturated rings. The minimum Gasteiger partial charge on any atom is -0.497 e. The largest absolute Gasteiger partial charge is 0.497 e. The number of hydrogen-bond donors (Lipinski definition) is 0. The van der Waals surface area contributed by atoms with Gasteiger partial charge < -0.3 is 14.2 Å². The van der Waals surface area contributed by atoms with Gasteiger partial charge in [0.1, 0.15) is 16.5 Å². The molecule has 1 amide bonds. The van der Waals surface area contributed by atoms with E-state index in [0.29, 0.717) is 17.9 Å². The molecular weight excluding hydrogens is 386 g/mol. The van der Waals surface area contributed by atoms with Gasteiger partial charge in [0.15, 0.2) is 0 Å². The van der Waals surface area contributed by atoms with Crippen LogP contribution in [0.15, 0.2) is 46.1 Å². The Morgan fingerprint density at radius 3 is 2.93 bits per heavy atom. The number of rotatable bonds is 5. The molecule has 4 rings (SSSR count). The predicted molar refractivity (Wildman–Crippen MR) is 113 cm³/mol. The van der Waals surface area contributed by atoms with E-state index in [4.69, 9.17) is 9.26 Å². The zero-order valence-corrected chi connectivity index (χ0v) is 17.6. The van der Waals surface area contributed by atoms with Crippen LogP contribution in [0.2, 0.25) is 0 Å². The molecule has 0 bridgehead atoms. The van der Waals surface area contributed by atoms with Crippen molar-refractivity contribution in [2.45, 2.75) is 37.5 Å². The van der Waals surface area contributed by atoms with Crippen molar-refractivity contribution in [2.75, 3.05) is 18.6 Å². The first kappa shape index (κ1) is 19.5. The molecule has 0 saturated heterocycles. The monoisotopic (exact) mass is 409 g/mol. The smallest absolute Gasteiger partial charge is 0.261 e. The van der Waals surface area contributed by atoms with E-state index < -0.39 is 0 Å². The number of methoxy groups -OCH3 is 1. The van der Waals surface area contributed by atoms with Crippen molar-refractivity contribution >= 4 is 23.4 Å². The van der Waals surface area contributed by atoms with Crippen LogP contribution in [-0.4, -0.2) is 29.7 Å². The molecule has 0 saturated carbocycles. The van der Waals surface area contributed by atoms with Gasteiger partial charge in [-0.1, -0.05) is 5.16 Å². The van der Waals surface area contributed by atoms with Crippen LogP contribution in [0.4, 0.5) is 5.69 Å². The summed E-state index contributed by atoms with van der Waals surface area (Å²) in [4.78, 5) is 19.8. The van der Waals surface area contributed by atoms with Crippen molar-refractivity contribution in [2.24, 2.45) is 0 Å². The van der Waals surface area contributed by atoms with Gasteiger partial charge in [0.05, 0.1) is 18.4 Å². The summed E-state index contributed by atoms with van der Waals surface area (Å²) in [6.45, 7) is 4.52. The number of carbonyl (C=O) groups excluding carboxylic acids is 1. The lowest BCUT2D eigenvalue weighted by Crippen LogP contribution is -2.35. The molecular formula is C22H23N3O3S. The fraction of sp³-hybridized carbons (Fsp3) is 0.318. The average molecular weight is 410 g/mol. The average Bonchev–Trinajstić information content (AvgIpc) is 3.08. The van der Waals surface area contributed by atoms with Gasteiger partial charge in [-0.15, -0.1) is 11.8 Å². The molecule has 0 atom stereocenters. The summed E-state index contributed by atoms with van der Waals surface area (Å²) in [5.74, 6) is 2.25. The third-order valence-electron chi connectivity index (χ3n) is 5.19. The SMILES string of the molecule is COc1ccc2c(c1)CCCN2C(=O)c1cccnc1SCc1c(C)noc1C. The number of fused-ring (bicyclic) bond motifs is 1. The first-order valence-corrected chi connectivity index (χ1v) is 10.6. The number of thioether (sulfide) groups is 1. The summed E-state index contributed by atoms with van der Waals surface area (Å²) in [6.07, 6.45) is 3.59. The molecule has 3 aromatic rings. The molecule has 29 heavy (non-hydrogen) atoms. The van der Waals surface area contributed by atoms with E-state index in [1.54, 1.807) is 13.3 Å². The molecule has 0 N–H and O–H groups in total. The predicted octanol–water partition coefficient (Wildman–Crippen LogP) is 4.58. The van der Waals surface area contributed by atoms with Gasteiger partial charge in [-0.2, -0.15) is 0 Å². The maximum Gasteiger partial charge on any atom is 0.261 e. The van der Waals surface area contributed by atoms with E-state index in [9.17, 15) is 4.79 Å². The number of benzene rings is 1. The molecule has 0 spiro atoms. The number of pyridine rings is 1. The van der Waals surface area contributed by atoms with Crippen molar-refractivity contribution in [1.82, 2.24) is 10.1 Å². The highest BCUT2D eigenvalue weighted by Crippen LogP contribution is 2.33. The molecule has 2 aromatic heterocycles. The van der Waals surface area contributed by atoms with Gasteiger partial charge in [-0.3, -0.25) is 4.79 Å². The highest BCUT2D eigenvalue weighted by molar-refractivity contribution is 7.98. The topological polar surface area (TPSA) is 68.5 Å². The zero-order valence-electron chi connectivity index (χ0n) is 16.8. The van der Waals surface area contributed by atoms with Crippen molar-refractivity contribution in [3.63, 3.8) is 0 Å². The number of aromatic nitrogens is 2. The summed E-state index contributed by atoms with van der Waals surface area (Å²) in [7, 11) is 1.66. The highest BCUT2D eigenvalue weighted by atomic mass is 32.2. The Kier molecular flexibility index (Phi) is 5.58. The minimum absolute atomic E-state index is 0.0227. The van der Waals surface area contributed by atoms with Gasteiger partial charge in [-0.25, -0.2) is 4.98 Å². The summed E-state index contributed by atoms with van der Waals surface area (Å²) < 4.78 is 10.6. The summed E-state index contributed by atoms with van der Waals surface area (Å²) in [6, 6.07) is 9.55. The van der Waals surface area contributed by atoms with Crippen LogP contribution >= 0.6 is 11.8 Å². The molecule has 1 aromatic carbocycles. The highest BCUT2D eigenvalue weighted by Gasteiger charge is 2.26. The lowest BCUT2D eigenvalue weighted by Gasteiger charge is -2.30. The molecule has 1 aliphatic heterocycles. The fourth-order valence-corrected chi connectivity index (χ4v) is 4.71. The molecule has 0 aliphatic carbocycles. The van der Waals surface area contributed by atoms with E-state index >= 15 is 0 Å². The van der Waals surface area contributed by atoms with Crippen LogP contribution in [-0.2, 0) is 12.2 Å². The standard InChI is InChI=1S/C22H23N3O3S/c1-14-19(15(2)28-24-14)13-29-21-18(7-4-10-23-21)22(26)25-11-5-6-16-12-17(27-3)8-9-20(16)25/h4,7-10,12H,5-6,11,13H2,1-3H3. The van der Waals surface area contributed by atoms with E-state index in [1.165, 1.54) is 11.8 Å². The lowest BCUT2D eigenvalue weighted by atomic mass is 10.0. The molecule has 7 heteroatoms. The normalized spacial score (nSPS) is 13.3. The fourth-order valence-electron chi connectivity index (χ4n) is 3.57. The molecule has 150 valence electrons. The molecule has 1 aliphatic rings. The van der Waals surface area contributed by atoms with Crippen LogP contribution in [0.5, 0.6) is 5.75 Å². The third-order valence-corrected chi connectivity index (χ3v) is 6.22. The molecule has 6 nitrogen and oxygen atoms in total. The van der Waals surface area contributed by atoms with Crippen LogP contribution in [0.3, 0.4) is 0 Å². The van der Waals surface area contributed by atoms with Gasteiger partial charge in [0.25, 0.3) is 5.91 Å². The Hall–Kier alpha value is -2.80. The van der Waals surface area contributed by atoms with E-state index in [2.05, 4.69) is 10.1 Å². The first-order chi connectivity index (χ1) is 14.1. The van der Waals surface area contributed by atoms with E-state index in [-0.39, 0.29) is 5.91 Å². The number of hydrogen-bond acceptors (Lipinski definition) is 6. The lowest BCUT2D eigenvalue weighted by molar-refractivity contribution is 0.0981. The Bertz CT molecular complexity index is 1030. The summed E-state index contributed by atoms with van der Waals surface area (Å²) in [5.41, 5.74) is 4.63. The van der Waals surface area contributed by atoms with Gasteiger partial charge in [0, 0.05) is 29.7 Å². The first-order valence-electron chi connectivity index (χ1n) is 9.57. The molecule has 0 unspecified atom stereocenters. The van der Waals surface area contributed by atoms with Crippen LogP contribution in [0, 0.1) is 13.8 Å². The number of aryl methyl sites for hydroxylation is 3. The Balaban J connectivity index is 1.61. The van der Waals surface area contributed by atoms with Crippen molar-refractivity contribution < 1.29 is 14.1 Å². The third kappa shape index (κ3) is 3.87. The summed E-state index contributed by atoms with van der Waals surface area (Å²) >= 11 is 1.53. The van der Waals surface area contributed by atoms with E-state index in [0.717, 1.165) is 51.9 Å². The quantitative estimate of drug-likeness (QED) is 0.575. The zero-order chi connectivity index (χ0) is 20.4. The number of anilines is 1. The summed E-state index contributed by atoms with van der Waals surface area (Å²) in [5, 5.41) is 4.72. The Morgan fingerprint density at radius 2 is 2.17 bits per heavy atom. The maximum atomic E-state index is 13.4. The van der Waals surface area contributed by atoms with Crippen molar-refractivity contribution in [1.29, 1.82) is 0 Å². The van der Waals surface area contributed by atoms with Gasteiger partial charge in [-0.05, 0) is 62.6 Å². The Morgan fingerprint density at radius 1 is 1.31 bits per heavy atom. The van der Waals surface area contributed by atoms with Crippen molar-refractivity contribution in [3.05, 3.63) is 64.7 Å². The van der Waals surface area contributed by atoms with Crippen molar-refractivity contribution in [3.8, 4) is 5.75 Å². The number of amides is 1. The Labute approximate surface area is 174 Å². The minimum atomic E-state index is -0.0227. The van der Waals surface area contributed by atoms with Crippen LogP contribution in [0.1, 0.15) is 39.4 Å². The van der Waals surface area contributed by atoms with Gasteiger partial charge >= 0.3 is 0 Å². The molecule has 0 radical (unpaired) electrons. The number of ether oxygens (including phenoxy) is 1. The second-order valence-corrected chi connectivity index (χ2v) is 7.97. The molecule has 3 heterocycles. The van der Waals surface area contributed by atoms with Gasteiger partial charge in [0.2, 0.25) is 0 Å². The maximum absolute atomic E-state index is 13.4. The second-order valence-electron chi connectivity index (χ2n) is 7.00. The second kappa shape index (κ2) is 8.29. The van der Waals surface area contributed by atoms with Crippen LogP contribution in [0.25, 0.3) is 0 Å². The van der Waals surface area contributed by atoms with Crippen LogP contribution < -0.4 is 9.64 Å². The number of nitrogens with zero attached hydrogens (tertiary/aromatic N) is 3.